The Morgan fingerprint density at radius 3 is 2.55 bits per heavy atom. The van der Waals surface area contributed by atoms with E-state index in [0.717, 1.165) is 29.9 Å². The average Bonchev–Trinajstić information content (AvgIpc) is 2.93. The molecule has 2 aromatic heterocycles. The lowest BCUT2D eigenvalue weighted by molar-refractivity contribution is 0.318. The third-order valence-corrected chi connectivity index (χ3v) is 5.38. The van der Waals surface area contributed by atoms with Crippen molar-refractivity contribution in [2.24, 2.45) is 7.05 Å². The van der Waals surface area contributed by atoms with Gasteiger partial charge < -0.3 is 0 Å². The Balaban J connectivity index is 1.78. The van der Waals surface area contributed by atoms with E-state index in [9.17, 15) is 8.42 Å². The van der Waals surface area contributed by atoms with Gasteiger partial charge in [-0.25, -0.2) is 17.7 Å². The molecule has 0 unspecified atom stereocenters. The van der Waals surface area contributed by atoms with E-state index in [0.29, 0.717) is 13.1 Å². The number of nitrogens with zero attached hydrogens (tertiary/aromatic N) is 5. The Morgan fingerprint density at radius 1 is 1.23 bits per heavy atom. The first-order valence-electron chi connectivity index (χ1n) is 7.20. The first kappa shape index (κ1) is 15.1. The monoisotopic (exact) mass is 321 g/mol. The molecule has 0 spiro atoms. The molecule has 0 bridgehead atoms. The molecule has 1 fully saturated rings. The Hall–Kier alpha value is -1.80. The van der Waals surface area contributed by atoms with Crippen LogP contribution in [0.5, 0.6) is 0 Å². The molecule has 3 heterocycles. The highest BCUT2D eigenvalue weighted by atomic mass is 32.2. The number of hydrogen-bond acceptors (Lipinski definition) is 5. The Morgan fingerprint density at radius 2 is 1.95 bits per heavy atom. The average molecular weight is 321 g/mol. The van der Waals surface area contributed by atoms with Gasteiger partial charge in [0, 0.05) is 38.4 Å². The van der Waals surface area contributed by atoms with E-state index in [-0.39, 0.29) is 5.92 Å². The van der Waals surface area contributed by atoms with E-state index >= 15 is 0 Å². The van der Waals surface area contributed by atoms with Crippen molar-refractivity contribution in [3.05, 3.63) is 30.4 Å². The lowest BCUT2D eigenvalue weighted by atomic mass is 9.95. The molecular formula is C14H19N5O2S. The van der Waals surface area contributed by atoms with Crippen molar-refractivity contribution in [3.8, 4) is 11.4 Å². The fraction of sp³-hybridized carbons (Fsp3) is 0.500. The van der Waals surface area contributed by atoms with Gasteiger partial charge in [0.15, 0.2) is 0 Å². The second kappa shape index (κ2) is 5.77. The Labute approximate surface area is 130 Å². The van der Waals surface area contributed by atoms with Crippen molar-refractivity contribution in [1.29, 1.82) is 0 Å². The quantitative estimate of drug-likeness (QED) is 0.843. The summed E-state index contributed by atoms with van der Waals surface area (Å²) in [5.41, 5.74) is 2.64. The topological polar surface area (TPSA) is 81.0 Å². The summed E-state index contributed by atoms with van der Waals surface area (Å²) in [4.78, 5) is 8.98. The second-order valence-corrected chi connectivity index (χ2v) is 7.59. The fourth-order valence-corrected chi connectivity index (χ4v) is 3.68. The zero-order valence-corrected chi connectivity index (χ0v) is 13.5. The van der Waals surface area contributed by atoms with Gasteiger partial charge in [-0.3, -0.25) is 9.67 Å². The summed E-state index contributed by atoms with van der Waals surface area (Å²) in [6.07, 6.45) is 8.05. The number of rotatable bonds is 3. The van der Waals surface area contributed by atoms with Crippen LogP contribution in [-0.4, -0.2) is 51.8 Å². The number of aryl methyl sites for hydroxylation is 1. The number of hydrogen-bond donors (Lipinski definition) is 0. The van der Waals surface area contributed by atoms with Crippen molar-refractivity contribution in [3.63, 3.8) is 0 Å². The van der Waals surface area contributed by atoms with E-state index in [2.05, 4.69) is 10.1 Å². The molecule has 0 aliphatic carbocycles. The lowest BCUT2D eigenvalue weighted by Crippen LogP contribution is -2.37. The maximum atomic E-state index is 11.6. The van der Waals surface area contributed by atoms with E-state index in [1.165, 1.54) is 10.6 Å². The minimum absolute atomic E-state index is 0.249. The summed E-state index contributed by atoms with van der Waals surface area (Å²) >= 11 is 0. The minimum atomic E-state index is -3.10. The van der Waals surface area contributed by atoms with Gasteiger partial charge in [-0.1, -0.05) is 0 Å². The van der Waals surface area contributed by atoms with Gasteiger partial charge in [0.25, 0.3) is 0 Å². The zero-order valence-electron chi connectivity index (χ0n) is 12.7. The molecule has 7 nitrogen and oxygen atoms in total. The van der Waals surface area contributed by atoms with Crippen LogP contribution >= 0.6 is 0 Å². The van der Waals surface area contributed by atoms with Crippen molar-refractivity contribution >= 4 is 10.0 Å². The molecule has 0 aromatic carbocycles. The van der Waals surface area contributed by atoms with E-state index in [1.54, 1.807) is 23.3 Å². The molecule has 1 aliphatic rings. The molecule has 0 N–H and O–H groups in total. The predicted octanol–water partition coefficient (Wildman–Crippen LogP) is 1.02. The number of sulfonamides is 1. The van der Waals surface area contributed by atoms with Crippen molar-refractivity contribution in [2.45, 2.75) is 18.8 Å². The summed E-state index contributed by atoms with van der Waals surface area (Å²) < 4.78 is 26.4. The molecule has 3 rings (SSSR count). The zero-order chi connectivity index (χ0) is 15.7. The highest BCUT2D eigenvalue weighted by molar-refractivity contribution is 7.88. The van der Waals surface area contributed by atoms with Crippen molar-refractivity contribution in [1.82, 2.24) is 24.1 Å². The fourth-order valence-electron chi connectivity index (χ4n) is 2.81. The summed E-state index contributed by atoms with van der Waals surface area (Å²) in [5.74, 6) is 0.249. The van der Waals surface area contributed by atoms with Gasteiger partial charge in [0.2, 0.25) is 10.0 Å². The molecule has 8 heteroatoms. The van der Waals surface area contributed by atoms with E-state index in [1.807, 2.05) is 13.1 Å². The van der Waals surface area contributed by atoms with E-state index in [4.69, 9.17) is 4.98 Å². The molecule has 1 saturated heterocycles. The van der Waals surface area contributed by atoms with Gasteiger partial charge in [0.1, 0.15) is 5.69 Å². The van der Waals surface area contributed by atoms with Crippen LogP contribution in [0.1, 0.15) is 24.5 Å². The SMILES string of the molecule is Cn1nccc1-c1cncc(C2CCN(S(C)(=O)=O)CC2)n1. The highest BCUT2D eigenvalue weighted by Crippen LogP contribution is 2.28. The van der Waals surface area contributed by atoms with Crippen LogP contribution in [0.15, 0.2) is 24.7 Å². The largest absolute Gasteiger partial charge is 0.266 e. The molecule has 0 amide bonds. The van der Waals surface area contributed by atoms with Crippen LogP contribution in [0.2, 0.25) is 0 Å². The molecule has 118 valence electrons. The molecule has 0 atom stereocenters. The maximum absolute atomic E-state index is 11.6. The van der Waals surface area contributed by atoms with Gasteiger partial charge in [0.05, 0.1) is 23.8 Å². The Kier molecular flexibility index (Phi) is 3.96. The third-order valence-electron chi connectivity index (χ3n) is 4.08. The third kappa shape index (κ3) is 3.02. The van der Waals surface area contributed by atoms with Crippen molar-refractivity contribution < 1.29 is 8.42 Å². The standard InChI is InChI=1S/C14H19N5O2S/c1-18-14(3-6-16-18)13-10-15-9-12(17-13)11-4-7-19(8-5-11)22(2,20)21/h3,6,9-11H,4-5,7-8H2,1-2H3. The first-order chi connectivity index (χ1) is 10.4. The predicted molar refractivity (Wildman–Crippen MR) is 82.6 cm³/mol. The summed E-state index contributed by atoms with van der Waals surface area (Å²) in [5, 5.41) is 4.15. The normalized spacial score (nSPS) is 17.7. The maximum Gasteiger partial charge on any atom is 0.211 e. The minimum Gasteiger partial charge on any atom is -0.266 e. The molecule has 0 radical (unpaired) electrons. The smallest absolute Gasteiger partial charge is 0.211 e. The summed E-state index contributed by atoms with van der Waals surface area (Å²) in [7, 11) is -1.23. The van der Waals surface area contributed by atoms with Crippen LogP contribution in [0.3, 0.4) is 0 Å². The number of aromatic nitrogens is 4. The van der Waals surface area contributed by atoms with Gasteiger partial charge >= 0.3 is 0 Å². The molecular weight excluding hydrogens is 302 g/mol. The van der Waals surface area contributed by atoms with Crippen LogP contribution in [-0.2, 0) is 17.1 Å². The summed E-state index contributed by atoms with van der Waals surface area (Å²) in [6.45, 7) is 1.09. The second-order valence-electron chi connectivity index (χ2n) is 5.61. The summed E-state index contributed by atoms with van der Waals surface area (Å²) in [6, 6.07) is 1.90. The van der Waals surface area contributed by atoms with Gasteiger partial charge in [-0.15, -0.1) is 0 Å². The lowest BCUT2D eigenvalue weighted by Gasteiger charge is -2.29. The van der Waals surface area contributed by atoms with Crippen LogP contribution in [0, 0.1) is 0 Å². The van der Waals surface area contributed by atoms with E-state index < -0.39 is 10.0 Å². The highest BCUT2D eigenvalue weighted by Gasteiger charge is 2.26. The molecule has 2 aromatic rings. The van der Waals surface area contributed by atoms with Crippen LogP contribution in [0.4, 0.5) is 0 Å². The molecule has 1 aliphatic heterocycles. The first-order valence-corrected chi connectivity index (χ1v) is 9.05. The van der Waals surface area contributed by atoms with Gasteiger partial charge in [-0.05, 0) is 18.9 Å². The molecule has 0 saturated carbocycles. The number of piperidine rings is 1. The van der Waals surface area contributed by atoms with Crippen LogP contribution < -0.4 is 0 Å². The van der Waals surface area contributed by atoms with Crippen molar-refractivity contribution in [2.75, 3.05) is 19.3 Å². The molecule has 22 heavy (non-hydrogen) atoms. The Bertz CT molecular complexity index is 763. The van der Waals surface area contributed by atoms with Gasteiger partial charge in [-0.2, -0.15) is 5.10 Å². The van der Waals surface area contributed by atoms with Crippen LogP contribution in [0.25, 0.3) is 11.4 Å².